The number of ether oxygens (including phenoxy) is 4. The van der Waals surface area contributed by atoms with Crippen molar-refractivity contribution in [2.75, 3.05) is 39.6 Å². The zero-order valence-electron chi connectivity index (χ0n) is 63.0. The van der Waals surface area contributed by atoms with Crippen molar-refractivity contribution in [1.29, 1.82) is 0 Å². The highest BCUT2D eigenvalue weighted by molar-refractivity contribution is 7.47. The molecule has 96 heavy (non-hydrogen) atoms. The van der Waals surface area contributed by atoms with Gasteiger partial charge in [0, 0.05) is 25.7 Å². The number of rotatable bonds is 74. The maximum absolute atomic E-state index is 13.1. The van der Waals surface area contributed by atoms with Gasteiger partial charge in [0.05, 0.1) is 26.4 Å². The van der Waals surface area contributed by atoms with Crippen LogP contribution in [0.3, 0.4) is 0 Å². The summed E-state index contributed by atoms with van der Waals surface area (Å²) in [6, 6.07) is 0. The molecule has 0 aromatic carbocycles. The summed E-state index contributed by atoms with van der Waals surface area (Å²) in [5.41, 5.74) is 0. The second-order valence-corrected chi connectivity index (χ2v) is 32.3. The third-order valence-electron chi connectivity index (χ3n) is 18.2. The Kier molecular flexibility index (Phi) is 65.0. The topological polar surface area (TPSA) is 237 Å². The normalized spacial score (nSPS) is 14.4. The monoisotopic (exact) mass is 1410 g/mol. The van der Waals surface area contributed by atoms with Crippen molar-refractivity contribution in [2.24, 2.45) is 23.7 Å². The van der Waals surface area contributed by atoms with E-state index in [1.54, 1.807) is 0 Å². The van der Waals surface area contributed by atoms with Gasteiger partial charge in [0.1, 0.15) is 19.3 Å². The van der Waals surface area contributed by atoms with Crippen molar-refractivity contribution in [3.63, 3.8) is 0 Å². The van der Waals surface area contributed by atoms with Gasteiger partial charge in [-0.3, -0.25) is 37.3 Å². The van der Waals surface area contributed by atoms with Crippen LogP contribution in [-0.4, -0.2) is 96.7 Å². The van der Waals surface area contributed by atoms with Gasteiger partial charge in [-0.15, -0.1) is 0 Å². The van der Waals surface area contributed by atoms with Crippen molar-refractivity contribution >= 4 is 39.5 Å². The number of esters is 4. The Hall–Kier alpha value is -1.94. The molecule has 0 bridgehead atoms. The molecule has 0 saturated heterocycles. The van der Waals surface area contributed by atoms with Gasteiger partial charge in [0.25, 0.3) is 0 Å². The summed E-state index contributed by atoms with van der Waals surface area (Å²) >= 11 is 0. The zero-order chi connectivity index (χ0) is 71.0. The number of carbonyl (C=O) groups excluding carboxylic acids is 4. The Labute approximate surface area is 588 Å². The summed E-state index contributed by atoms with van der Waals surface area (Å²) < 4.78 is 68.5. The van der Waals surface area contributed by atoms with Crippen LogP contribution < -0.4 is 0 Å². The Morgan fingerprint density at radius 2 is 0.500 bits per heavy atom. The molecule has 0 aliphatic heterocycles. The van der Waals surface area contributed by atoms with E-state index in [1.165, 1.54) is 186 Å². The Balaban J connectivity index is 5.22. The summed E-state index contributed by atoms with van der Waals surface area (Å²) in [7, 11) is -9.91. The van der Waals surface area contributed by atoms with Gasteiger partial charge in [0.2, 0.25) is 0 Å². The number of hydrogen-bond donors (Lipinski definition) is 3. The molecular formula is C77H150O17P2. The second kappa shape index (κ2) is 66.3. The molecule has 0 fully saturated rings. The fraction of sp³-hybridized carbons (Fsp3) is 0.948. The van der Waals surface area contributed by atoms with E-state index >= 15 is 0 Å². The average Bonchev–Trinajstić information content (AvgIpc) is 1.29. The largest absolute Gasteiger partial charge is 0.472 e. The number of phosphoric acid groups is 2. The van der Waals surface area contributed by atoms with Crippen LogP contribution in [0.2, 0.25) is 0 Å². The van der Waals surface area contributed by atoms with E-state index < -0.39 is 97.5 Å². The van der Waals surface area contributed by atoms with Gasteiger partial charge in [-0.2, -0.15) is 0 Å². The van der Waals surface area contributed by atoms with Gasteiger partial charge in [-0.25, -0.2) is 9.13 Å². The highest BCUT2D eigenvalue weighted by Gasteiger charge is 2.30. The third-order valence-corrected chi connectivity index (χ3v) is 20.1. The summed E-state index contributed by atoms with van der Waals surface area (Å²) in [4.78, 5) is 72.8. The summed E-state index contributed by atoms with van der Waals surface area (Å²) in [6.07, 6.45) is 51.4. The molecule has 17 nitrogen and oxygen atoms in total. The van der Waals surface area contributed by atoms with Gasteiger partial charge in [-0.1, -0.05) is 338 Å². The van der Waals surface area contributed by atoms with Gasteiger partial charge < -0.3 is 33.8 Å². The lowest BCUT2D eigenvalue weighted by Crippen LogP contribution is -2.30. The second-order valence-electron chi connectivity index (χ2n) is 29.4. The predicted molar refractivity (Wildman–Crippen MR) is 391 cm³/mol. The van der Waals surface area contributed by atoms with Crippen molar-refractivity contribution in [1.82, 2.24) is 0 Å². The molecule has 0 aliphatic rings. The lowest BCUT2D eigenvalue weighted by atomic mass is 9.99. The molecule has 0 spiro atoms. The van der Waals surface area contributed by atoms with Crippen LogP contribution in [0.4, 0.5) is 0 Å². The molecular weight excluding hydrogens is 1260 g/mol. The van der Waals surface area contributed by atoms with Crippen LogP contribution in [0.15, 0.2) is 0 Å². The number of unbranched alkanes of at least 4 members (excludes halogenated alkanes) is 39. The molecule has 570 valence electrons. The van der Waals surface area contributed by atoms with E-state index in [2.05, 4.69) is 55.4 Å². The molecule has 0 aromatic heterocycles. The number of carbonyl (C=O) groups is 4. The van der Waals surface area contributed by atoms with Crippen LogP contribution in [0.25, 0.3) is 0 Å². The Morgan fingerprint density at radius 1 is 0.292 bits per heavy atom. The van der Waals surface area contributed by atoms with Crippen molar-refractivity contribution in [2.45, 2.75) is 408 Å². The first kappa shape index (κ1) is 94.1. The molecule has 0 amide bonds. The van der Waals surface area contributed by atoms with Crippen molar-refractivity contribution in [3.05, 3.63) is 0 Å². The van der Waals surface area contributed by atoms with E-state index in [1.807, 2.05) is 0 Å². The van der Waals surface area contributed by atoms with E-state index in [9.17, 15) is 43.2 Å². The fourth-order valence-electron chi connectivity index (χ4n) is 11.7. The first-order chi connectivity index (χ1) is 46.1. The van der Waals surface area contributed by atoms with Gasteiger partial charge in [0.15, 0.2) is 12.2 Å². The number of hydrogen-bond acceptors (Lipinski definition) is 15. The molecule has 0 aromatic rings. The summed E-state index contributed by atoms with van der Waals surface area (Å²) in [5, 5.41) is 10.6. The number of phosphoric ester groups is 2. The van der Waals surface area contributed by atoms with Gasteiger partial charge >= 0.3 is 39.5 Å². The Morgan fingerprint density at radius 3 is 0.740 bits per heavy atom. The maximum atomic E-state index is 13.1. The fourth-order valence-corrected chi connectivity index (χ4v) is 13.3. The first-order valence-corrected chi connectivity index (χ1v) is 42.7. The summed E-state index contributed by atoms with van der Waals surface area (Å²) in [5.74, 6) is 0.939. The molecule has 19 heteroatoms. The van der Waals surface area contributed by atoms with Crippen LogP contribution in [0.5, 0.6) is 0 Å². The molecule has 0 rings (SSSR count). The van der Waals surface area contributed by atoms with E-state index in [-0.39, 0.29) is 25.7 Å². The molecule has 0 radical (unpaired) electrons. The summed E-state index contributed by atoms with van der Waals surface area (Å²) in [6.45, 7) is 14.2. The minimum Gasteiger partial charge on any atom is -0.462 e. The standard InChI is InChI=1S/C77H150O17P2/c1-9-70(8)56-48-40-31-25-21-22-28-34-44-52-60-77(82)93-72(63-87-74(79)57-49-41-32-26-19-15-13-11-10-12-14-17-23-29-37-45-53-67(2)3)65-91-95(83,84)89-61-71(78)62-90-96(85,86)92-66-73(64-88-75(80)58-50-42-36-35-39-47-55-69(6)7)94-76(81)59-51-43-33-27-20-16-18-24-30-38-46-54-68(4)5/h67-73,78H,9-66H2,1-8H3,(H,83,84)(H,85,86)/t70?,71-,72-,73-/m1/s1. The molecule has 3 N–H and O–H groups in total. The van der Waals surface area contributed by atoms with E-state index in [4.69, 9.17) is 37.0 Å². The number of aliphatic hydroxyl groups excluding tert-OH is 1. The van der Waals surface area contributed by atoms with Gasteiger partial charge in [-0.05, 0) is 49.4 Å². The van der Waals surface area contributed by atoms with E-state index in [0.29, 0.717) is 31.6 Å². The minimum atomic E-state index is -4.96. The SMILES string of the molecule is CCC(C)CCCCCCCCCCCCC(=O)O[C@H](COC(=O)CCCCCCCCCCCCCCCCCCC(C)C)COP(=O)(O)OC[C@@H](O)COP(=O)(O)OC[C@@H](COC(=O)CCCCCCCCC(C)C)OC(=O)CCCCCCCCCCCCCC(C)C. The third kappa shape index (κ3) is 69.2. The lowest BCUT2D eigenvalue weighted by molar-refractivity contribution is -0.161. The van der Waals surface area contributed by atoms with Crippen LogP contribution >= 0.6 is 15.6 Å². The molecule has 0 heterocycles. The maximum Gasteiger partial charge on any atom is 0.472 e. The highest BCUT2D eigenvalue weighted by Crippen LogP contribution is 2.45. The minimum absolute atomic E-state index is 0.105. The van der Waals surface area contributed by atoms with Crippen LogP contribution in [0.1, 0.15) is 389 Å². The predicted octanol–water partition coefficient (Wildman–Crippen LogP) is 22.4. The van der Waals surface area contributed by atoms with Crippen molar-refractivity contribution in [3.8, 4) is 0 Å². The van der Waals surface area contributed by atoms with Crippen LogP contribution in [-0.2, 0) is 65.4 Å². The average molecular weight is 1410 g/mol. The lowest BCUT2D eigenvalue weighted by Gasteiger charge is -2.21. The number of aliphatic hydroxyl groups is 1. The zero-order valence-corrected chi connectivity index (χ0v) is 64.8. The smallest absolute Gasteiger partial charge is 0.462 e. The molecule has 0 aliphatic carbocycles. The molecule has 0 saturated carbocycles. The van der Waals surface area contributed by atoms with Crippen molar-refractivity contribution < 1.29 is 80.2 Å². The molecule has 3 unspecified atom stereocenters. The molecule has 6 atom stereocenters. The van der Waals surface area contributed by atoms with E-state index in [0.717, 1.165) is 114 Å². The highest BCUT2D eigenvalue weighted by atomic mass is 31.2. The first-order valence-electron chi connectivity index (χ1n) is 39.7. The van der Waals surface area contributed by atoms with Crippen LogP contribution in [0, 0.1) is 23.7 Å². The quantitative estimate of drug-likeness (QED) is 0.0222. The Bertz CT molecular complexity index is 1890.